The Labute approximate surface area is 263 Å². The summed E-state index contributed by atoms with van der Waals surface area (Å²) in [5.41, 5.74) is 2.18. The summed E-state index contributed by atoms with van der Waals surface area (Å²) >= 11 is 0. The lowest BCUT2D eigenvalue weighted by molar-refractivity contribution is 0.0591. The first-order valence-electron chi connectivity index (χ1n) is 14.7. The Morgan fingerprint density at radius 3 is 1.89 bits per heavy atom. The molecule has 0 fully saturated rings. The monoisotopic (exact) mass is 611 g/mol. The molecule has 45 heavy (non-hydrogen) atoms. The molecule has 4 aromatic rings. The van der Waals surface area contributed by atoms with Gasteiger partial charge in [0.05, 0.1) is 50.7 Å². The number of benzene rings is 4. The highest BCUT2D eigenvalue weighted by molar-refractivity contribution is 6.08. The third-order valence-corrected chi connectivity index (χ3v) is 6.80. The molecule has 9 nitrogen and oxygen atoms in total. The second kappa shape index (κ2) is 17.1. The molecule has 1 N–H and O–H groups in total. The molecule has 0 aliphatic heterocycles. The van der Waals surface area contributed by atoms with Crippen molar-refractivity contribution in [3.63, 3.8) is 0 Å². The topological polar surface area (TPSA) is 109 Å². The summed E-state index contributed by atoms with van der Waals surface area (Å²) in [4.78, 5) is 37.3. The van der Waals surface area contributed by atoms with E-state index in [1.807, 2.05) is 54.6 Å². The van der Waals surface area contributed by atoms with E-state index in [0.717, 1.165) is 36.3 Å². The number of para-hydroxylation sites is 1. The largest absolute Gasteiger partial charge is 0.494 e. The smallest absolute Gasteiger partial charge is 0.337 e. The van der Waals surface area contributed by atoms with Gasteiger partial charge in [-0.3, -0.25) is 4.79 Å². The Bertz CT molecular complexity index is 1550. The minimum absolute atomic E-state index is 0.162. The molecule has 0 aliphatic carbocycles. The van der Waals surface area contributed by atoms with Crippen LogP contribution in [0.1, 0.15) is 55.9 Å². The zero-order valence-corrected chi connectivity index (χ0v) is 25.5. The predicted octanol–water partition coefficient (Wildman–Crippen LogP) is 6.76. The summed E-state index contributed by atoms with van der Waals surface area (Å²) in [7, 11) is 2.56. The fourth-order valence-electron chi connectivity index (χ4n) is 4.43. The average Bonchev–Trinajstić information content (AvgIpc) is 3.08. The molecule has 0 saturated carbocycles. The van der Waals surface area contributed by atoms with Gasteiger partial charge < -0.3 is 29.0 Å². The maximum atomic E-state index is 13.2. The molecule has 0 heterocycles. The Balaban J connectivity index is 1.25. The number of esters is 2. The van der Waals surface area contributed by atoms with Gasteiger partial charge in [0.2, 0.25) is 0 Å². The summed E-state index contributed by atoms with van der Waals surface area (Å²) in [5.74, 6) is 0.414. The molecular formula is C36H37NO8. The van der Waals surface area contributed by atoms with Crippen LogP contribution in [0.3, 0.4) is 0 Å². The van der Waals surface area contributed by atoms with Crippen LogP contribution >= 0.6 is 0 Å². The van der Waals surface area contributed by atoms with Gasteiger partial charge in [0.1, 0.15) is 17.2 Å². The molecule has 1 amide bonds. The first kappa shape index (κ1) is 32.6. The fourth-order valence-corrected chi connectivity index (χ4v) is 4.43. The third kappa shape index (κ3) is 10.1. The predicted molar refractivity (Wildman–Crippen MR) is 170 cm³/mol. The number of aryl methyl sites for hydroxylation is 1. The summed E-state index contributed by atoms with van der Waals surface area (Å²) in [5, 5.41) is 2.76. The van der Waals surface area contributed by atoms with Crippen LogP contribution in [-0.2, 0) is 15.9 Å². The molecule has 0 aromatic heterocycles. The van der Waals surface area contributed by atoms with E-state index in [9.17, 15) is 14.4 Å². The summed E-state index contributed by atoms with van der Waals surface area (Å²) < 4.78 is 27.1. The van der Waals surface area contributed by atoms with Crippen molar-refractivity contribution >= 4 is 23.5 Å². The number of ether oxygens (including phenoxy) is 5. The highest BCUT2D eigenvalue weighted by atomic mass is 16.5. The van der Waals surface area contributed by atoms with Crippen molar-refractivity contribution in [2.24, 2.45) is 0 Å². The van der Waals surface area contributed by atoms with Gasteiger partial charge in [-0.15, -0.1) is 0 Å². The highest BCUT2D eigenvalue weighted by Gasteiger charge is 2.18. The normalized spacial score (nSPS) is 10.4. The zero-order valence-electron chi connectivity index (χ0n) is 25.5. The van der Waals surface area contributed by atoms with E-state index in [0.29, 0.717) is 43.2 Å². The summed E-state index contributed by atoms with van der Waals surface area (Å²) in [6, 6.07) is 28.7. The van der Waals surface area contributed by atoms with Crippen molar-refractivity contribution < 1.29 is 38.1 Å². The van der Waals surface area contributed by atoms with Crippen molar-refractivity contribution in [2.75, 3.05) is 39.4 Å². The van der Waals surface area contributed by atoms with E-state index in [1.165, 1.54) is 26.4 Å². The van der Waals surface area contributed by atoms with Gasteiger partial charge in [0.15, 0.2) is 0 Å². The van der Waals surface area contributed by atoms with Crippen LogP contribution in [0.15, 0.2) is 97.1 Å². The minimum Gasteiger partial charge on any atom is -0.494 e. The molecule has 0 saturated heterocycles. The SMILES string of the molecule is COC(=O)c1cccc(NC(=O)c2cc(C(=O)OC)ccc2OCCCc2ccc(OCCCCOc3ccccc3)cc2)c1. The third-order valence-electron chi connectivity index (χ3n) is 6.80. The first-order chi connectivity index (χ1) is 22.0. The first-order valence-corrected chi connectivity index (χ1v) is 14.7. The molecule has 234 valence electrons. The number of methoxy groups -OCH3 is 2. The highest BCUT2D eigenvalue weighted by Crippen LogP contribution is 2.24. The maximum absolute atomic E-state index is 13.2. The molecule has 0 unspecified atom stereocenters. The van der Waals surface area contributed by atoms with Crippen molar-refractivity contribution in [1.82, 2.24) is 0 Å². The van der Waals surface area contributed by atoms with E-state index in [-0.39, 0.29) is 11.1 Å². The fraction of sp³-hybridized carbons (Fsp3) is 0.250. The van der Waals surface area contributed by atoms with E-state index in [1.54, 1.807) is 30.3 Å². The van der Waals surface area contributed by atoms with Gasteiger partial charge in [-0.2, -0.15) is 0 Å². The molecule has 4 aromatic carbocycles. The van der Waals surface area contributed by atoms with E-state index in [4.69, 9.17) is 23.7 Å². The summed E-state index contributed by atoms with van der Waals surface area (Å²) in [6.07, 6.45) is 3.26. The molecular weight excluding hydrogens is 574 g/mol. The Kier molecular flexibility index (Phi) is 12.4. The number of unbranched alkanes of at least 4 members (excludes halogenated alkanes) is 1. The van der Waals surface area contributed by atoms with E-state index >= 15 is 0 Å². The van der Waals surface area contributed by atoms with Crippen molar-refractivity contribution in [3.8, 4) is 17.2 Å². The van der Waals surface area contributed by atoms with Gasteiger partial charge in [-0.1, -0.05) is 36.4 Å². The number of rotatable bonds is 16. The number of nitrogens with one attached hydrogen (secondary N) is 1. The van der Waals surface area contributed by atoms with Gasteiger partial charge in [0.25, 0.3) is 5.91 Å². The molecule has 0 radical (unpaired) electrons. The van der Waals surface area contributed by atoms with E-state index < -0.39 is 17.8 Å². The standard InChI is InChI=1S/C36H37NO8/c1-41-35(39)27-11-8-12-29(24-27)37-34(38)32-25-28(36(40)42-2)17-20-33(32)45-23-9-10-26-15-18-31(19-16-26)44-22-7-6-21-43-30-13-4-3-5-14-30/h3-5,8,11-20,24-25H,6-7,9-10,21-23H2,1-2H3,(H,37,38). The van der Waals surface area contributed by atoms with Crippen LogP contribution in [0.2, 0.25) is 0 Å². The van der Waals surface area contributed by atoms with Crippen LogP contribution in [0.5, 0.6) is 17.2 Å². The quantitative estimate of drug-likeness (QED) is 0.109. The molecule has 0 aliphatic rings. The molecule has 4 rings (SSSR count). The average molecular weight is 612 g/mol. The number of hydrogen-bond acceptors (Lipinski definition) is 8. The van der Waals surface area contributed by atoms with Gasteiger partial charge >= 0.3 is 11.9 Å². The van der Waals surface area contributed by atoms with Crippen molar-refractivity contribution in [1.29, 1.82) is 0 Å². The van der Waals surface area contributed by atoms with Gasteiger partial charge in [0, 0.05) is 5.69 Å². The summed E-state index contributed by atoms with van der Waals surface area (Å²) in [6.45, 7) is 1.62. The Morgan fingerprint density at radius 2 is 1.22 bits per heavy atom. The van der Waals surface area contributed by atoms with Gasteiger partial charge in [-0.05, 0) is 91.9 Å². The molecule has 0 spiro atoms. The molecule has 9 heteroatoms. The minimum atomic E-state index is -0.576. The lowest BCUT2D eigenvalue weighted by Gasteiger charge is -2.14. The van der Waals surface area contributed by atoms with Crippen LogP contribution in [-0.4, -0.2) is 51.9 Å². The van der Waals surface area contributed by atoms with Gasteiger partial charge in [-0.25, -0.2) is 9.59 Å². The lowest BCUT2D eigenvalue weighted by Crippen LogP contribution is -2.16. The van der Waals surface area contributed by atoms with E-state index in [2.05, 4.69) is 5.32 Å². The zero-order chi connectivity index (χ0) is 31.9. The second-order valence-electron chi connectivity index (χ2n) is 10.0. The number of amides is 1. The van der Waals surface area contributed by atoms with Crippen molar-refractivity contribution in [2.45, 2.75) is 25.7 Å². The number of anilines is 1. The molecule has 0 bridgehead atoms. The number of carbonyl (C=O) groups is 3. The molecule has 0 atom stereocenters. The lowest BCUT2D eigenvalue weighted by atomic mass is 10.1. The van der Waals surface area contributed by atoms with Crippen molar-refractivity contribution in [3.05, 3.63) is 119 Å². The number of carbonyl (C=O) groups excluding carboxylic acids is 3. The second-order valence-corrected chi connectivity index (χ2v) is 10.0. The van der Waals surface area contributed by atoms with Crippen LogP contribution in [0, 0.1) is 0 Å². The Morgan fingerprint density at radius 1 is 0.600 bits per heavy atom. The number of hydrogen-bond donors (Lipinski definition) is 1. The van der Waals surface area contributed by atoms with Crippen LogP contribution < -0.4 is 19.5 Å². The van der Waals surface area contributed by atoms with Crippen LogP contribution in [0.4, 0.5) is 5.69 Å². The maximum Gasteiger partial charge on any atom is 0.337 e. The van der Waals surface area contributed by atoms with Crippen LogP contribution in [0.25, 0.3) is 0 Å². The Hall–Kier alpha value is -5.31.